The Morgan fingerprint density at radius 1 is 0.929 bits per heavy atom. The van der Waals surface area contributed by atoms with Crippen molar-refractivity contribution in [1.29, 1.82) is 0 Å². The van der Waals surface area contributed by atoms with E-state index in [1.807, 2.05) is 62.4 Å². The van der Waals surface area contributed by atoms with Crippen molar-refractivity contribution in [2.75, 3.05) is 30.0 Å². The number of benzene rings is 3. The van der Waals surface area contributed by atoms with Crippen LogP contribution in [0.15, 0.2) is 72.8 Å². The monoisotopic (exact) mass is 569 g/mol. The van der Waals surface area contributed by atoms with E-state index in [1.54, 1.807) is 29.2 Å². The van der Waals surface area contributed by atoms with Crippen LogP contribution in [-0.2, 0) is 16.0 Å². The molecule has 42 heavy (non-hydrogen) atoms. The van der Waals surface area contributed by atoms with E-state index >= 15 is 0 Å². The molecule has 4 amide bonds. The van der Waals surface area contributed by atoms with Crippen molar-refractivity contribution in [3.8, 4) is 0 Å². The van der Waals surface area contributed by atoms with Crippen LogP contribution >= 0.6 is 0 Å². The number of carboxylic acid groups (broad SMARTS) is 1. The predicted molar refractivity (Wildman–Crippen MR) is 159 cm³/mol. The molecule has 2 heterocycles. The number of para-hydroxylation sites is 1. The maximum absolute atomic E-state index is 13.0. The Hall–Kier alpha value is -4.86. The van der Waals surface area contributed by atoms with Gasteiger partial charge in [-0.05, 0) is 67.6 Å². The molecule has 3 aromatic rings. The minimum atomic E-state index is -1.13. The van der Waals surface area contributed by atoms with Gasteiger partial charge in [-0.3, -0.25) is 9.59 Å². The number of carbonyl (C=O) groups excluding carboxylic acids is 3. The molecule has 10 nitrogen and oxygen atoms in total. The third-order valence-corrected chi connectivity index (χ3v) is 8.24. The summed E-state index contributed by atoms with van der Waals surface area (Å²) in [7, 11) is 0. The minimum absolute atomic E-state index is 0.00751. The summed E-state index contributed by atoms with van der Waals surface area (Å²) in [6, 6.07) is 20.8. The summed E-state index contributed by atoms with van der Waals surface area (Å²) in [6.07, 6.45) is 1.13. The van der Waals surface area contributed by atoms with Gasteiger partial charge >= 0.3 is 12.0 Å². The van der Waals surface area contributed by atoms with E-state index in [4.69, 9.17) is 0 Å². The maximum Gasteiger partial charge on any atom is 0.326 e. The number of carbonyl (C=O) groups is 4. The molecule has 10 heteroatoms. The number of aliphatic carboxylic acids is 1. The highest BCUT2D eigenvalue weighted by molar-refractivity contribution is 5.99. The fraction of sp³-hybridized carbons (Fsp3) is 0.312. The lowest BCUT2D eigenvalue weighted by Gasteiger charge is -2.43. The van der Waals surface area contributed by atoms with Gasteiger partial charge in [-0.2, -0.15) is 0 Å². The van der Waals surface area contributed by atoms with Crippen LogP contribution in [0.25, 0.3) is 0 Å². The molecule has 0 saturated carbocycles. The molecular weight excluding hydrogens is 534 g/mol. The van der Waals surface area contributed by atoms with E-state index in [0.29, 0.717) is 49.4 Å². The Labute approximate surface area is 244 Å². The summed E-state index contributed by atoms with van der Waals surface area (Å²) in [6.45, 7) is 4.94. The smallest absolute Gasteiger partial charge is 0.326 e. The molecular formula is C32H35N5O5. The Morgan fingerprint density at radius 3 is 2.19 bits per heavy atom. The molecule has 1 spiro atoms. The number of rotatable bonds is 7. The third-order valence-electron chi connectivity index (χ3n) is 8.24. The summed E-state index contributed by atoms with van der Waals surface area (Å²) in [5.74, 6) is -1.56. The summed E-state index contributed by atoms with van der Waals surface area (Å²) in [5, 5.41) is 18.3. The molecule has 2 fully saturated rings. The number of hydrogen-bond donors (Lipinski definition) is 4. The number of anilines is 2. The summed E-state index contributed by atoms with van der Waals surface area (Å²) in [5.41, 5.74) is 3.61. The second-order valence-corrected chi connectivity index (χ2v) is 10.9. The molecule has 0 bridgehead atoms. The number of nitrogens with zero attached hydrogens (tertiary/aromatic N) is 2. The highest BCUT2D eigenvalue weighted by Crippen LogP contribution is 2.36. The molecule has 5 rings (SSSR count). The van der Waals surface area contributed by atoms with Crippen LogP contribution < -0.4 is 20.9 Å². The van der Waals surface area contributed by atoms with E-state index in [2.05, 4.69) is 20.9 Å². The first-order chi connectivity index (χ1) is 20.2. The predicted octanol–water partition coefficient (Wildman–Crippen LogP) is 3.69. The van der Waals surface area contributed by atoms with Gasteiger partial charge in [-0.1, -0.05) is 48.5 Å². The number of piperidine rings is 1. The van der Waals surface area contributed by atoms with Gasteiger partial charge < -0.3 is 30.9 Å². The summed E-state index contributed by atoms with van der Waals surface area (Å²) < 4.78 is 0. The highest BCUT2D eigenvalue weighted by Gasteiger charge is 2.50. The van der Waals surface area contributed by atoms with Gasteiger partial charge in [0.15, 0.2) is 0 Å². The van der Waals surface area contributed by atoms with Crippen molar-refractivity contribution < 1.29 is 24.3 Å². The quantitative estimate of drug-likeness (QED) is 0.343. The fourth-order valence-corrected chi connectivity index (χ4v) is 5.88. The minimum Gasteiger partial charge on any atom is -0.480 e. The van der Waals surface area contributed by atoms with Gasteiger partial charge in [-0.15, -0.1) is 0 Å². The number of likely N-dealkylation sites (tertiary alicyclic amines) is 1. The lowest BCUT2D eigenvalue weighted by Crippen LogP contribution is -2.57. The molecule has 0 radical (unpaired) electrons. The van der Waals surface area contributed by atoms with Crippen LogP contribution in [0.4, 0.5) is 16.2 Å². The van der Waals surface area contributed by atoms with E-state index < -0.39 is 23.5 Å². The molecule has 218 valence electrons. The summed E-state index contributed by atoms with van der Waals surface area (Å²) >= 11 is 0. The maximum atomic E-state index is 13.0. The molecule has 1 atom stereocenters. The molecule has 2 saturated heterocycles. The van der Waals surface area contributed by atoms with Crippen LogP contribution in [0.3, 0.4) is 0 Å². The number of nitrogens with one attached hydrogen (secondary N) is 3. The van der Waals surface area contributed by atoms with Crippen LogP contribution in [0.2, 0.25) is 0 Å². The van der Waals surface area contributed by atoms with Gasteiger partial charge in [0.05, 0.1) is 6.67 Å². The molecule has 4 N–H and O–H groups in total. The number of carboxylic acids is 1. The largest absolute Gasteiger partial charge is 0.480 e. The number of hydrogen-bond acceptors (Lipinski definition) is 5. The Balaban J connectivity index is 1.17. The van der Waals surface area contributed by atoms with Crippen molar-refractivity contribution in [3.05, 3.63) is 95.1 Å². The fourth-order valence-electron chi connectivity index (χ4n) is 5.88. The first kappa shape index (κ1) is 28.7. The second kappa shape index (κ2) is 11.9. The molecule has 3 aromatic carbocycles. The Morgan fingerprint density at radius 2 is 1.57 bits per heavy atom. The lowest BCUT2D eigenvalue weighted by molar-refractivity contribution is -0.139. The van der Waals surface area contributed by atoms with E-state index in [0.717, 1.165) is 16.8 Å². The summed E-state index contributed by atoms with van der Waals surface area (Å²) in [4.78, 5) is 54.5. The Bertz CT molecular complexity index is 1460. The van der Waals surface area contributed by atoms with Crippen molar-refractivity contribution in [2.45, 2.75) is 44.7 Å². The molecule has 1 unspecified atom stereocenters. The van der Waals surface area contributed by atoms with Crippen molar-refractivity contribution >= 4 is 35.2 Å². The van der Waals surface area contributed by atoms with Crippen LogP contribution in [0.1, 0.15) is 39.9 Å². The van der Waals surface area contributed by atoms with Gasteiger partial charge in [0.25, 0.3) is 5.91 Å². The molecule has 2 aliphatic heterocycles. The normalized spacial score (nSPS) is 16.6. The molecule has 0 aliphatic carbocycles. The highest BCUT2D eigenvalue weighted by atomic mass is 16.4. The van der Waals surface area contributed by atoms with Gasteiger partial charge in [0.1, 0.15) is 11.6 Å². The number of urea groups is 1. The van der Waals surface area contributed by atoms with Crippen LogP contribution in [0.5, 0.6) is 0 Å². The third kappa shape index (κ3) is 5.79. The zero-order chi connectivity index (χ0) is 29.9. The van der Waals surface area contributed by atoms with Gasteiger partial charge in [0, 0.05) is 36.4 Å². The number of amides is 4. The zero-order valence-electron chi connectivity index (χ0n) is 23.7. The van der Waals surface area contributed by atoms with Crippen molar-refractivity contribution in [2.24, 2.45) is 0 Å². The second-order valence-electron chi connectivity index (χ2n) is 10.9. The first-order valence-electron chi connectivity index (χ1n) is 14.0. The molecule has 0 aromatic heterocycles. The van der Waals surface area contributed by atoms with E-state index in [-0.39, 0.29) is 18.4 Å². The lowest BCUT2D eigenvalue weighted by atomic mass is 9.85. The SMILES string of the molecule is Cc1cccc(C)c1C(=O)NC(Cc1ccc(NC(=O)N2CCC3(CC2)C(=O)NCN3c2ccccc2)cc1)C(=O)O. The zero-order valence-corrected chi connectivity index (χ0v) is 23.7. The number of aryl methyl sites for hydroxylation is 2. The topological polar surface area (TPSA) is 131 Å². The van der Waals surface area contributed by atoms with E-state index in [1.165, 1.54) is 0 Å². The average Bonchev–Trinajstić information content (AvgIpc) is 3.29. The first-order valence-corrected chi connectivity index (χ1v) is 14.0. The van der Waals surface area contributed by atoms with Crippen molar-refractivity contribution in [3.63, 3.8) is 0 Å². The van der Waals surface area contributed by atoms with Gasteiger partial charge in [0.2, 0.25) is 5.91 Å². The standard InChI is InChI=1S/C32H35N5O5/c1-21-7-6-8-22(2)27(21)28(38)35-26(29(39)40)19-23-11-13-24(14-12-23)34-31(42)36-17-15-32(16-18-36)30(41)33-20-37(32)25-9-4-3-5-10-25/h3-14,26H,15-20H2,1-2H3,(H,33,41)(H,34,42)(H,35,38)(H,39,40). The van der Waals surface area contributed by atoms with Gasteiger partial charge in [-0.25, -0.2) is 9.59 Å². The van der Waals surface area contributed by atoms with E-state index in [9.17, 15) is 24.3 Å². The average molecular weight is 570 g/mol. The van der Waals surface area contributed by atoms with Crippen molar-refractivity contribution in [1.82, 2.24) is 15.5 Å². The van der Waals surface area contributed by atoms with Crippen LogP contribution in [0, 0.1) is 13.8 Å². The Kier molecular flexibility index (Phi) is 8.15. The molecule has 2 aliphatic rings. The van der Waals surface area contributed by atoms with Crippen LogP contribution in [-0.4, -0.2) is 65.2 Å².